The van der Waals surface area contributed by atoms with Crippen LogP contribution in [0.25, 0.3) is 0 Å². The van der Waals surface area contributed by atoms with Crippen molar-refractivity contribution in [3.63, 3.8) is 0 Å². The van der Waals surface area contributed by atoms with Crippen LogP contribution in [0.2, 0.25) is 0 Å². The molecule has 0 bridgehead atoms. The highest BCUT2D eigenvalue weighted by Crippen LogP contribution is 2.52. The Morgan fingerprint density at radius 1 is 1.33 bits per heavy atom. The number of amides is 2. The Kier molecular flexibility index (Phi) is 3.98. The van der Waals surface area contributed by atoms with Gasteiger partial charge in [-0.05, 0) is 19.3 Å². The number of nitrogens with one attached hydrogen (secondary N) is 2. The van der Waals surface area contributed by atoms with E-state index in [2.05, 4.69) is 39.2 Å². The summed E-state index contributed by atoms with van der Waals surface area (Å²) in [6.45, 7) is 6.53. The van der Waals surface area contributed by atoms with Gasteiger partial charge in [0.1, 0.15) is 5.82 Å². The first-order chi connectivity index (χ1) is 11.6. The highest BCUT2D eigenvalue weighted by molar-refractivity contribution is 5.74. The highest BCUT2D eigenvalue weighted by Gasteiger charge is 2.59. The molecule has 0 radical (unpaired) electrons. The number of hydrogen-bond donors (Lipinski definition) is 2. The fourth-order valence-corrected chi connectivity index (χ4v) is 4.64. The molecule has 0 spiro atoms. The first-order valence-electron chi connectivity index (χ1n) is 9.14. The molecule has 1 aliphatic carbocycles. The molecule has 2 amide bonds. The number of aromatic nitrogens is 3. The Balaban J connectivity index is 1.34. The van der Waals surface area contributed by atoms with Gasteiger partial charge in [-0.3, -0.25) is 0 Å². The van der Waals surface area contributed by atoms with Gasteiger partial charge in [0.05, 0.1) is 12.6 Å². The molecule has 24 heavy (non-hydrogen) atoms. The normalized spacial score (nSPS) is 30.7. The van der Waals surface area contributed by atoms with Crippen molar-refractivity contribution in [3.8, 4) is 0 Å². The first kappa shape index (κ1) is 15.9. The van der Waals surface area contributed by atoms with Crippen LogP contribution < -0.4 is 10.6 Å². The number of nitrogens with zero attached hydrogens (tertiary/aromatic N) is 3. The van der Waals surface area contributed by atoms with Crippen molar-refractivity contribution >= 4 is 6.03 Å². The summed E-state index contributed by atoms with van der Waals surface area (Å²) in [4.78, 5) is 12.3. The standard InChI is InChI=1S/C17H27N5O2/c1-17(2)14(11-7-9-24-15(11)17)19-16(23)18-10-13-21-20-12-6-4-3-5-8-22(12)13/h11,14-15H,3-10H2,1-2H3,(H2,18,19,23)/t11-,14+,15+/m0/s1. The van der Waals surface area contributed by atoms with Gasteiger partial charge in [-0.1, -0.05) is 20.3 Å². The average Bonchev–Trinajstić information content (AvgIpc) is 3.10. The van der Waals surface area contributed by atoms with Crippen LogP contribution in [0.1, 0.15) is 51.2 Å². The van der Waals surface area contributed by atoms with Gasteiger partial charge in [0.2, 0.25) is 0 Å². The molecule has 3 heterocycles. The van der Waals surface area contributed by atoms with Crippen molar-refractivity contribution in [1.82, 2.24) is 25.4 Å². The molecule has 132 valence electrons. The minimum Gasteiger partial charge on any atom is -0.377 e. The smallest absolute Gasteiger partial charge is 0.315 e. The lowest BCUT2D eigenvalue weighted by Gasteiger charge is -2.54. The maximum atomic E-state index is 12.3. The maximum Gasteiger partial charge on any atom is 0.315 e. The van der Waals surface area contributed by atoms with Crippen LogP contribution in [0.3, 0.4) is 0 Å². The van der Waals surface area contributed by atoms with E-state index in [0.29, 0.717) is 12.5 Å². The quantitative estimate of drug-likeness (QED) is 0.881. The van der Waals surface area contributed by atoms with E-state index in [1.165, 1.54) is 12.8 Å². The van der Waals surface area contributed by atoms with Crippen molar-refractivity contribution in [1.29, 1.82) is 0 Å². The van der Waals surface area contributed by atoms with E-state index in [-0.39, 0.29) is 23.6 Å². The lowest BCUT2D eigenvalue weighted by Crippen LogP contribution is -2.67. The van der Waals surface area contributed by atoms with Crippen molar-refractivity contribution in [2.24, 2.45) is 11.3 Å². The van der Waals surface area contributed by atoms with Crippen LogP contribution in [-0.4, -0.2) is 39.5 Å². The van der Waals surface area contributed by atoms with E-state index < -0.39 is 0 Å². The molecule has 2 aliphatic heterocycles. The average molecular weight is 333 g/mol. The Bertz CT molecular complexity index is 626. The molecule has 1 aromatic heterocycles. The Morgan fingerprint density at radius 3 is 3.08 bits per heavy atom. The summed E-state index contributed by atoms with van der Waals surface area (Å²) in [6.07, 6.45) is 5.87. The molecule has 7 heteroatoms. The van der Waals surface area contributed by atoms with Gasteiger partial charge < -0.3 is 19.9 Å². The van der Waals surface area contributed by atoms with E-state index in [1.807, 2.05) is 0 Å². The largest absolute Gasteiger partial charge is 0.377 e. The predicted octanol–water partition coefficient (Wildman–Crippen LogP) is 1.62. The van der Waals surface area contributed by atoms with E-state index in [0.717, 1.165) is 44.1 Å². The molecule has 4 rings (SSSR count). The lowest BCUT2D eigenvalue weighted by atomic mass is 9.57. The van der Waals surface area contributed by atoms with Crippen LogP contribution in [0, 0.1) is 11.3 Å². The summed E-state index contributed by atoms with van der Waals surface area (Å²) >= 11 is 0. The Labute approximate surface area is 142 Å². The van der Waals surface area contributed by atoms with Crippen molar-refractivity contribution in [2.75, 3.05) is 6.61 Å². The summed E-state index contributed by atoms with van der Waals surface area (Å²) < 4.78 is 7.95. The summed E-state index contributed by atoms with van der Waals surface area (Å²) in [7, 11) is 0. The second-order valence-electron chi connectivity index (χ2n) is 7.86. The third-order valence-corrected chi connectivity index (χ3v) is 5.98. The molecule has 1 saturated heterocycles. The number of fused-ring (bicyclic) bond motifs is 2. The monoisotopic (exact) mass is 333 g/mol. The lowest BCUT2D eigenvalue weighted by molar-refractivity contribution is -0.108. The fraction of sp³-hybridized carbons (Fsp3) is 0.824. The minimum atomic E-state index is -0.121. The molecule has 0 aromatic carbocycles. The van der Waals surface area contributed by atoms with Crippen molar-refractivity contribution in [2.45, 2.75) is 71.2 Å². The second-order valence-corrected chi connectivity index (χ2v) is 7.86. The zero-order chi connectivity index (χ0) is 16.7. The Morgan fingerprint density at radius 2 is 2.21 bits per heavy atom. The van der Waals surface area contributed by atoms with Gasteiger partial charge in [-0.25, -0.2) is 4.79 Å². The highest BCUT2D eigenvalue weighted by atomic mass is 16.5. The van der Waals surface area contributed by atoms with Gasteiger partial charge in [0.25, 0.3) is 0 Å². The van der Waals surface area contributed by atoms with Crippen molar-refractivity contribution in [3.05, 3.63) is 11.6 Å². The van der Waals surface area contributed by atoms with Crippen LogP contribution in [0.15, 0.2) is 0 Å². The third kappa shape index (κ3) is 2.59. The SMILES string of the molecule is CC1(C)[C@H](NC(=O)NCc2nnc3n2CCCCC3)[C@@H]2CCO[C@H]21. The minimum absolute atomic E-state index is 0.00442. The summed E-state index contributed by atoms with van der Waals surface area (Å²) in [5.41, 5.74) is 0.00442. The number of hydrogen-bond acceptors (Lipinski definition) is 4. The number of carbonyl (C=O) groups is 1. The van der Waals surface area contributed by atoms with Gasteiger partial charge in [-0.15, -0.1) is 10.2 Å². The zero-order valence-corrected chi connectivity index (χ0v) is 14.5. The van der Waals surface area contributed by atoms with Crippen LogP contribution in [-0.2, 0) is 24.2 Å². The van der Waals surface area contributed by atoms with Crippen LogP contribution in [0.5, 0.6) is 0 Å². The van der Waals surface area contributed by atoms with E-state index in [4.69, 9.17) is 4.74 Å². The molecule has 1 aromatic rings. The van der Waals surface area contributed by atoms with Gasteiger partial charge >= 0.3 is 6.03 Å². The van der Waals surface area contributed by atoms with Crippen molar-refractivity contribution < 1.29 is 9.53 Å². The molecule has 7 nitrogen and oxygen atoms in total. The van der Waals surface area contributed by atoms with E-state index in [1.54, 1.807) is 0 Å². The zero-order valence-electron chi connectivity index (χ0n) is 14.5. The van der Waals surface area contributed by atoms with Gasteiger partial charge in [-0.2, -0.15) is 0 Å². The van der Waals surface area contributed by atoms with E-state index in [9.17, 15) is 4.79 Å². The summed E-state index contributed by atoms with van der Waals surface area (Å²) in [5, 5.41) is 14.6. The molecule has 3 aliphatic rings. The number of ether oxygens (including phenoxy) is 1. The van der Waals surface area contributed by atoms with E-state index >= 15 is 0 Å². The molecule has 0 unspecified atom stereocenters. The molecular weight excluding hydrogens is 306 g/mol. The number of carbonyl (C=O) groups excluding carboxylic acids is 1. The third-order valence-electron chi connectivity index (χ3n) is 5.98. The second kappa shape index (κ2) is 6.02. The number of urea groups is 1. The summed E-state index contributed by atoms with van der Waals surface area (Å²) in [5.74, 6) is 2.36. The Hall–Kier alpha value is -1.63. The number of aryl methyl sites for hydroxylation is 1. The van der Waals surface area contributed by atoms with Gasteiger partial charge in [0, 0.05) is 36.9 Å². The first-order valence-corrected chi connectivity index (χ1v) is 9.14. The molecule has 3 atom stereocenters. The summed E-state index contributed by atoms with van der Waals surface area (Å²) in [6, 6.07) is 0.0601. The van der Waals surface area contributed by atoms with Gasteiger partial charge in [0.15, 0.2) is 5.82 Å². The molecule has 2 N–H and O–H groups in total. The molecular formula is C17H27N5O2. The number of rotatable bonds is 3. The fourth-order valence-electron chi connectivity index (χ4n) is 4.64. The predicted molar refractivity (Wildman–Crippen MR) is 88.4 cm³/mol. The van der Waals surface area contributed by atoms with Crippen LogP contribution >= 0.6 is 0 Å². The molecule has 2 fully saturated rings. The maximum absolute atomic E-state index is 12.3. The topological polar surface area (TPSA) is 81.1 Å². The molecule has 1 saturated carbocycles. The van der Waals surface area contributed by atoms with Crippen LogP contribution in [0.4, 0.5) is 4.79 Å².